The molecule has 35 heavy (non-hydrogen) atoms. The zero-order valence-electron chi connectivity index (χ0n) is 20.3. The molecule has 1 aliphatic heterocycles. The molecule has 11 heteroatoms. The zero-order chi connectivity index (χ0) is 25.6. The van der Waals surface area contributed by atoms with Gasteiger partial charge in [-0.25, -0.2) is 16.8 Å². The molecule has 2 N–H and O–H groups in total. The number of carbonyl (C=O) groups is 1. The van der Waals surface area contributed by atoms with Gasteiger partial charge in [0.25, 0.3) is 0 Å². The molecule has 0 aromatic heterocycles. The molecule has 1 heterocycles. The number of rotatable bonds is 10. The maximum Gasteiger partial charge on any atom is 0.243 e. The molecule has 1 saturated heterocycles. The fourth-order valence-corrected chi connectivity index (χ4v) is 6.64. The van der Waals surface area contributed by atoms with Gasteiger partial charge in [-0.1, -0.05) is 18.6 Å². The minimum atomic E-state index is -3.91. The molecule has 0 bridgehead atoms. The van der Waals surface area contributed by atoms with Crippen LogP contribution in [0.5, 0.6) is 5.75 Å². The second kappa shape index (κ2) is 11.5. The zero-order valence-corrected chi connectivity index (χ0v) is 21.9. The molecular formula is C24H33N3O6S2. The molecular weight excluding hydrogens is 490 g/mol. The Hall–Kier alpha value is -2.47. The highest BCUT2D eigenvalue weighted by Crippen LogP contribution is 2.22. The van der Waals surface area contributed by atoms with Crippen molar-refractivity contribution in [1.82, 2.24) is 14.3 Å². The van der Waals surface area contributed by atoms with Crippen LogP contribution in [0.3, 0.4) is 0 Å². The van der Waals surface area contributed by atoms with Crippen molar-refractivity contribution in [2.24, 2.45) is 0 Å². The first-order valence-electron chi connectivity index (χ1n) is 11.7. The van der Waals surface area contributed by atoms with Gasteiger partial charge < -0.3 is 10.1 Å². The number of nitrogens with one attached hydrogen (secondary N) is 2. The lowest BCUT2D eigenvalue weighted by atomic mass is 10.2. The predicted molar refractivity (Wildman–Crippen MR) is 133 cm³/mol. The third kappa shape index (κ3) is 6.81. The van der Waals surface area contributed by atoms with Gasteiger partial charge in [0.15, 0.2) is 0 Å². The summed E-state index contributed by atoms with van der Waals surface area (Å²) in [6.07, 6.45) is 2.77. The standard InChI is InChI=1S/C24H33N3O6S2/c1-4-33-23-13-12-22(16-18(23)2)34(29,30)26-19(3)24(28)25-17-20-8-10-21(11-9-20)35(31,32)27-14-6-5-7-15-27/h8-13,16,19,26H,4-7,14-15,17H2,1-3H3,(H,25,28). The quantitative estimate of drug-likeness (QED) is 0.494. The van der Waals surface area contributed by atoms with Crippen LogP contribution < -0.4 is 14.8 Å². The predicted octanol–water partition coefficient (Wildman–Crippen LogP) is 2.55. The highest BCUT2D eigenvalue weighted by Gasteiger charge is 2.26. The van der Waals surface area contributed by atoms with E-state index in [4.69, 9.17) is 4.74 Å². The summed E-state index contributed by atoms with van der Waals surface area (Å²) in [4.78, 5) is 12.8. The lowest BCUT2D eigenvalue weighted by molar-refractivity contribution is -0.122. The van der Waals surface area contributed by atoms with E-state index >= 15 is 0 Å². The van der Waals surface area contributed by atoms with Crippen LogP contribution >= 0.6 is 0 Å². The van der Waals surface area contributed by atoms with Crippen molar-refractivity contribution in [3.8, 4) is 5.75 Å². The summed E-state index contributed by atoms with van der Waals surface area (Å²) in [5.74, 6) is 0.105. The van der Waals surface area contributed by atoms with Crippen molar-refractivity contribution in [2.45, 2.75) is 62.4 Å². The molecule has 0 radical (unpaired) electrons. The lowest BCUT2D eigenvalue weighted by Gasteiger charge is -2.25. The molecule has 1 amide bonds. The number of benzene rings is 2. The summed E-state index contributed by atoms with van der Waals surface area (Å²) in [6.45, 7) is 6.73. The summed E-state index contributed by atoms with van der Waals surface area (Å²) in [7, 11) is -7.43. The van der Waals surface area contributed by atoms with Crippen LogP contribution in [0.15, 0.2) is 52.3 Å². The molecule has 9 nitrogen and oxygen atoms in total. The van der Waals surface area contributed by atoms with Gasteiger partial charge in [-0.05, 0) is 75.1 Å². The minimum absolute atomic E-state index is 0.0450. The molecule has 0 aliphatic carbocycles. The number of aryl methyl sites for hydroxylation is 1. The van der Waals surface area contributed by atoms with Crippen LogP contribution in [0.25, 0.3) is 0 Å². The Bertz CT molecular complexity index is 1240. The van der Waals surface area contributed by atoms with Crippen LogP contribution in [-0.2, 0) is 31.4 Å². The Balaban J connectivity index is 1.57. The largest absolute Gasteiger partial charge is 0.494 e. The van der Waals surface area contributed by atoms with E-state index in [1.807, 2.05) is 6.92 Å². The first-order chi connectivity index (χ1) is 16.5. The number of hydrogen-bond donors (Lipinski definition) is 2. The van der Waals surface area contributed by atoms with E-state index in [2.05, 4.69) is 10.0 Å². The van der Waals surface area contributed by atoms with Crippen molar-refractivity contribution >= 4 is 26.0 Å². The van der Waals surface area contributed by atoms with Crippen molar-refractivity contribution in [1.29, 1.82) is 0 Å². The number of sulfonamides is 2. The molecule has 0 saturated carbocycles. The van der Waals surface area contributed by atoms with Gasteiger partial charge in [0.1, 0.15) is 5.75 Å². The SMILES string of the molecule is CCOc1ccc(S(=O)(=O)NC(C)C(=O)NCc2ccc(S(=O)(=O)N3CCCCC3)cc2)cc1C. The lowest BCUT2D eigenvalue weighted by Crippen LogP contribution is -2.44. The summed E-state index contributed by atoms with van der Waals surface area (Å²) < 4.78 is 60.3. The maximum atomic E-state index is 12.8. The summed E-state index contributed by atoms with van der Waals surface area (Å²) >= 11 is 0. The van der Waals surface area contributed by atoms with Crippen molar-refractivity contribution in [3.05, 3.63) is 53.6 Å². The Morgan fingerprint density at radius 2 is 1.63 bits per heavy atom. The van der Waals surface area contributed by atoms with Gasteiger partial charge in [0, 0.05) is 19.6 Å². The fourth-order valence-electron chi connectivity index (χ4n) is 3.84. The van der Waals surface area contributed by atoms with Crippen LogP contribution in [0.2, 0.25) is 0 Å². The van der Waals surface area contributed by atoms with Gasteiger partial charge in [-0.15, -0.1) is 0 Å². The van der Waals surface area contributed by atoms with E-state index in [0.717, 1.165) is 19.3 Å². The first kappa shape index (κ1) is 27.1. The van der Waals surface area contributed by atoms with Crippen molar-refractivity contribution in [2.75, 3.05) is 19.7 Å². The van der Waals surface area contributed by atoms with Gasteiger partial charge in [-0.2, -0.15) is 9.03 Å². The minimum Gasteiger partial charge on any atom is -0.494 e. The van der Waals surface area contributed by atoms with Crippen LogP contribution in [0, 0.1) is 6.92 Å². The molecule has 1 unspecified atom stereocenters. The molecule has 192 valence electrons. The van der Waals surface area contributed by atoms with Gasteiger partial charge in [0.2, 0.25) is 26.0 Å². The second-order valence-electron chi connectivity index (χ2n) is 8.53. The highest BCUT2D eigenvalue weighted by molar-refractivity contribution is 7.89. The van der Waals surface area contributed by atoms with Gasteiger partial charge >= 0.3 is 0 Å². The summed E-state index contributed by atoms with van der Waals surface area (Å²) in [5.41, 5.74) is 1.38. The van der Waals surface area contributed by atoms with Crippen molar-refractivity contribution < 1.29 is 26.4 Å². The van der Waals surface area contributed by atoms with E-state index in [1.165, 1.54) is 35.5 Å². The van der Waals surface area contributed by atoms with Crippen molar-refractivity contribution in [3.63, 3.8) is 0 Å². The normalized spacial score (nSPS) is 16.0. The third-order valence-corrected chi connectivity index (χ3v) is 9.28. The molecule has 0 spiro atoms. The fraction of sp³-hybridized carbons (Fsp3) is 0.458. The average molecular weight is 524 g/mol. The van der Waals surface area contributed by atoms with E-state index in [-0.39, 0.29) is 16.3 Å². The number of amides is 1. The molecule has 2 aromatic rings. The van der Waals surface area contributed by atoms with E-state index in [0.29, 0.717) is 36.6 Å². The van der Waals surface area contributed by atoms with Crippen LogP contribution in [0.1, 0.15) is 44.2 Å². The van der Waals surface area contributed by atoms with Crippen LogP contribution in [-0.4, -0.2) is 52.8 Å². The molecule has 1 aliphatic rings. The Morgan fingerprint density at radius 1 is 1.00 bits per heavy atom. The Kier molecular flexibility index (Phi) is 8.92. The van der Waals surface area contributed by atoms with Gasteiger partial charge in [0.05, 0.1) is 22.4 Å². The van der Waals surface area contributed by atoms with E-state index < -0.39 is 32.0 Å². The summed E-state index contributed by atoms with van der Waals surface area (Å²) in [6, 6.07) is 9.88. The monoisotopic (exact) mass is 523 g/mol. The van der Waals surface area contributed by atoms with Gasteiger partial charge in [-0.3, -0.25) is 4.79 Å². The number of hydrogen-bond acceptors (Lipinski definition) is 6. The molecule has 1 atom stereocenters. The Labute approximate surface area is 208 Å². The highest BCUT2D eigenvalue weighted by atomic mass is 32.2. The number of carbonyl (C=O) groups excluding carboxylic acids is 1. The van der Waals surface area contributed by atoms with E-state index in [1.54, 1.807) is 25.1 Å². The Morgan fingerprint density at radius 3 is 2.23 bits per heavy atom. The number of ether oxygens (including phenoxy) is 1. The van der Waals surface area contributed by atoms with Crippen LogP contribution in [0.4, 0.5) is 0 Å². The molecule has 2 aromatic carbocycles. The van der Waals surface area contributed by atoms with E-state index in [9.17, 15) is 21.6 Å². The summed E-state index contributed by atoms with van der Waals surface area (Å²) in [5, 5.41) is 2.69. The smallest absolute Gasteiger partial charge is 0.243 e. The number of piperidine rings is 1. The average Bonchev–Trinajstić information content (AvgIpc) is 2.84. The maximum absolute atomic E-state index is 12.8. The topological polar surface area (TPSA) is 122 Å². The second-order valence-corrected chi connectivity index (χ2v) is 12.2. The molecule has 1 fully saturated rings. The third-order valence-electron chi connectivity index (χ3n) is 5.82. The number of nitrogens with zero attached hydrogens (tertiary/aromatic N) is 1. The molecule has 3 rings (SSSR count). The first-order valence-corrected chi connectivity index (χ1v) is 14.6.